The third-order valence-electron chi connectivity index (χ3n) is 2.63. The number of rotatable bonds is 0. The summed E-state index contributed by atoms with van der Waals surface area (Å²) >= 11 is 0. The summed E-state index contributed by atoms with van der Waals surface area (Å²) < 4.78 is 0. The van der Waals surface area contributed by atoms with E-state index in [9.17, 15) is 0 Å². The van der Waals surface area contributed by atoms with Gasteiger partial charge >= 0.3 is 0 Å². The van der Waals surface area contributed by atoms with Crippen molar-refractivity contribution in [2.24, 2.45) is 11.3 Å². The van der Waals surface area contributed by atoms with Gasteiger partial charge in [0.1, 0.15) is 0 Å². The van der Waals surface area contributed by atoms with Crippen molar-refractivity contribution in [2.45, 2.75) is 13.3 Å². The number of hydrogen-bond donors (Lipinski definition) is 0. The highest BCUT2D eigenvalue weighted by Crippen LogP contribution is 2.90. The first-order valence-electron chi connectivity index (χ1n) is 2.57. The number of allylic oxidation sites excluding steroid dienone is 2. The summed E-state index contributed by atoms with van der Waals surface area (Å²) in [6.07, 6.45) is 1.47. The molecule has 0 radical (unpaired) electrons. The standard InChI is InChI=1S/C6H6/c1-6-2-3-4(6)5(3)6/h4H,2H2,1H3. The molecule has 0 saturated heterocycles. The SMILES string of the molecule is CC12CC3=C1C32. The second-order valence-electron chi connectivity index (χ2n) is 2.97. The van der Waals surface area contributed by atoms with E-state index in [1.54, 1.807) is 0 Å². The molecule has 2 saturated carbocycles. The fourth-order valence-electron chi connectivity index (χ4n) is 1.98. The molecule has 0 aromatic rings. The smallest absolute Gasteiger partial charge is 0.0114 e. The second kappa shape index (κ2) is 0.268. The molecule has 4 rings (SSSR count). The molecule has 2 bridgehead atoms. The Morgan fingerprint density at radius 1 is 1.83 bits per heavy atom. The Morgan fingerprint density at radius 2 is 2.33 bits per heavy atom. The van der Waals surface area contributed by atoms with E-state index in [0.717, 1.165) is 11.3 Å². The fraction of sp³-hybridized carbons (Fsp3) is 0.667. The summed E-state index contributed by atoms with van der Waals surface area (Å²) in [4.78, 5) is 0. The van der Waals surface area contributed by atoms with Crippen molar-refractivity contribution in [3.63, 3.8) is 0 Å². The maximum atomic E-state index is 2.38. The maximum Gasteiger partial charge on any atom is 0.0114 e. The van der Waals surface area contributed by atoms with Crippen molar-refractivity contribution >= 4 is 0 Å². The highest BCUT2D eigenvalue weighted by Gasteiger charge is 2.80. The van der Waals surface area contributed by atoms with Crippen LogP contribution in [0.3, 0.4) is 0 Å². The molecule has 0 N–H and O–H groups in total. The summed E-state index contributed by atoms with van der Waals surface area (Å²) in [5.74, 6) is 1.09. The van der Waals surface area contributed by atoms with Gasteiger partial charge in [-0.3, -0.25) is 0 Å². The molecule has 0 heterocycles. The molecule has 0 nitrogen and oxygen atoms in total. The summed E-state index contributed by atoms with van der Waals surface area (Å²) in [6, 6.07) is 0. The van der Waals surface area contributed by atoms with Gasteiger partial charge in [0.2, 0.25) is 0 Å². The van der Waals surface area contributed by atoms with Gasteiger partial charge in [-0.25, -0.2) is 0 Å². The van der Waals surface area contributed by atoms with Crippen molar-refractivity contribution in [2.75, 3.05) is 0 Å². The Hall–Kier alpha value is -0.260. The largest absolute Gasteiger partial charge is 0.0608 e. The molecular formula is C6H6. The highest BCUT2D eigenvalue weighted by atomic mass is 14.8. The Kier molecular flexibility index (Phi) is 0.0960. The Labute approximate surface area is 36.9 Å². The van der Waals surface area contributed by atoms with Crippen molar-refractivity contribution in [3.05, 3.63) is 11.1 Å². The van der Waals surface area contributed by atoms with Crippen LogP contribution in [-0.2, 0) is 0 Å². The van der Waals surface area contributed by atoms with E-state index in [1.165, 1.54) is 6.42 Å². The number of hydrogen-bond acceptors (Lipinski definition) is 0. The van der Waals surface area contributed by atoms with Gasteiger partial charge < -0.3 is 0 Å². The Bertz CT molecular complexity index is 176. The average Bonchev–Trinajstić information content (AvgIpc) is 2.21. The fourth-order valence-corrected chi connectivity index (χ4v) is 1.98. The Morgan fingerprint density at radius 3 is 2.33 bits per heavy atom. The van der Waals surface area contributed by atoms with Crippen molar-refractivity contribution < 1.29 is 0 Å². The summed E-state index contributed by atoms with van der Waals surface area (Å²) in [5, 5.41) is 0. The highest BCUT2D eigenvalue weighted by molar-refractivity contribution is 5.75. The molecule has 4 aliphatic rings. The molecule has 2 unspecified atom stereocenters. The summed E-state index contributed by atoms with van der Waals surface area (Å²) in [6.45, 7) is 2.38. The topological polar surface area (TPSA) is 0 Å². The third-order valence-corrected chi connectivity index (χ3v) is 2.63. The lowest BCUT2D eigenvalue weighted by atomic mass is 9.77. The third kappa shape index (κ3) is 0.0459. The van der Waals surface area contributed by atoms with Crippen LogP contribution in [0.1, 0.15) is 13.3 Å². The molecule has 0 aromatic heterocycles. The molecule has 2 fully saturated rings. The first-order chi connectivity index (χ1) is 2.84. The molecular weight excluding hydrogens is 72.1 g/mol. The minimum atomic E-state index is 0.829. The van der Waals surface area contributed by atoms with Crippen molar-refractivity contribution in [1.29, 1.82) is 0 Å². The van der Waals surface area contributed by atoms with Gasteiger partial charge in [0, 0.05) is 11.3 Å². The van der Waals surface area contributed by atoms with E-state index < -0.39 is 0 Å². The van der Waals surface area contributed by atoms with Crippen LogP contribution in [0.5, 0.6) is 0 Å². The molecule has 0 amide bonds. The zero-order valence-corrected chi connectivity index (χ0v) is 3.78. The minimum Gasteiger partial charge on any atom is -0.0608 e. The predicted octanol–water partition coefficient (Wildman–Crippen LogP) is 1.34. The van der Waals surface area contributed by atoms with Crippen LogP contribution >= 0.6 is 0 Å². The molecule has 0 heteroatoms. The van der Waals surface area contributed by atoms with Gasteiger partial charge in [0.15, 0.2) is 0 Å². The van der Waals surface area contributed by atoms with Gasteiger partial charge in [-0.15, -0.1) is 0 Å². The van der Waals surface area contributed by atoms with Crippen LogP contribution in [0.25, 0.3) is 0 Å². The van der Waals surface area contributed by atoms with Crippen LogP contribution in [0.4, 0.5) is 0 Å². The van der Waals surface area contributed by atoms with E-state index in [1.807, 2.05) is 11.1 Å². The van der Waals surface area contributed by atoms with E-state index >= 15 is 0 Å². The van der Waals surface area contributed by atoms with Crippen LogP contribution in [0.2, 0.25) is 0 Å². The maximum absolute atomic E-state index is 2.38. The first kappa shape index (κ1) is 2.15. The average molecular weight is 78.1 g/mol. The summed E-state index contributed by atoms with van der Waals surface area (Å²) in [7, 11) is 0. The van der Waals surface area contributed by atoms with Gasteiger partial charge in [-0.2, -0.15) is 0 Å². The van der Waals surface area contributed by atoms with Gasteiger partial charge in [0.25, 0.3) is 0 Å². The van der Waals surface area contributed by atoms with Gasteiger partial charge in [-0.05, 0) is 6.42 Å². The van der Waals surface area contributed by atoms with Crippen LogP contribution < -0.4 is 0 Å². The van der Waals surface area contributed by atoms with Gasteiger partial charge in [0.05, 0.1) is 0 Å². The van der Waals surface area contributed by atoms with Crippen molar-refractivity contribution in [1.82, 2.24) is 0 Å². The summed E-state index contributed by atoms with van der Waals surface area (Å²) in [5.41, 5.74) is 4.48. The zero-order chi connectivity index (χ0) is 3.94. The monoisotopic (exact) mass is 78.0 g/mol. The van der Waals surface area contributed by atoms with E-state index in [4.69, 9.17) is 0 Å². The molecule has 6 heavy (non-hydrogen) atoms. The van der Waals surface area contributed by atoms with E-state index in [0.29, 0.717) is 0 Å². The normalized spacial score (nSPS) is 66.5. The van der Waals surface area contributed by atoms with E-state index in [-0.39, 0.29) is 0 Å². The lowest BCUT2D eigenvalue weighted by molar-refractivity contribution is 0.407. The zero-order valence-electron chi connectivity index (χ0n) is 3.78. The van der Waals surface area contributed by atoms with E-state index in [2.05, 4.69) is 6.92 Å². The molecule has 0 spiro atoms. The molecule has 0 aliphatic heterocycles. The lowest BCUT2D eigenvalue weighted by Gasteiger charge is -2.26. The molecule has 0 aromatic carbocycles. The second-order valence-corrected chi connectivity index (χ2v) is 2.97. The molecule has 2 atom stereocenters. The quantitative estimate of drug-likeness (QED) is 0.383. The van der Waals surface area contributed by atoms with Crippen LogP contribution in [-0.4, -0.2) is 0 Å². The van der Waals surface area contributed by atoms with Crippen molar-refractivity contribution in [3.8, 4) is 0 Å². The van der Waals surface area contributed by atoms with Gasteiger partial charge in [-0.1, -0.05) is 18.1 Å². The van der Waals surface area contributed by atoms with Crippen LogP contribution in [0, 0.1) is 11.3 Å². The lowest BCUT2D eigenvalue weighted by Crippen LogP contribution is -2.16. The predicted molar refractivity (Wildman–Crippen MR) is 23.2 cm³/mol. The molecule has 30 valence electrons. The van der Waals surface area contributed by atoms with Crippen LogP contribution in [0.15, 0.2) is 11.1 Å². The minimum absolute atomic E-state index is 0.829. The Balaban J connectivity index is 2.47. The molecule has 4 aliphatic carbocycles. The first-order valence-corrected chi connectivity index (χ1v) is 2.57.